The van der Waals surface area contributed by atoms with E-state index in [1.807, 2.05) is 29.3 Å². The number of carbonyl (C=O) groups excluding carboxylic acids is 1. The number of rotatable bonds is 4. The van der Waals surface area contributed by atoms with Gasteiger partial charge in [0.2, 0.25) is 0 Å². The molecule has 0 atom stereocenters. The lowest BCUT2D eigenvalue weighted by Gasteiger charge is -2.04. The Morgan fingerprint density at radius 2 is 2.19 bits per heavy atom. The Morgan fingerprint density at radius 3 is 2.75 bits per heavy atom. The van der Waals surface area contributed by atoms with Crippen LogP contribution in [0.2, 0.25) is 0 Å². The number of aldehydes is 1. The van der Waals surface area contributed by atoms with Gasteiger partial charge in [-0.1, -0.05) is 0 Å². The smallest absolute Gasteiger partial charge is 0.153 e. The van der Waals surface area contributed by atoms with Crippen LogP contribution in [0, 0.1) is 13.8 Å². The maximum absolute atomic E-state index is 10.8. The lowest BCUT2D eigenvalue weighted by Crippen LogP contribution is -2.09. The Bertz CT molecular complexity index is 484. The van der Waals surface area contributed by atoms with Gasteiger partial charge in [-0.3, -0.25) is 9.48 Å². The first-order chi connectivity index (χ1) is 7.72. The second-order valence-corrected chi connectivity index (χ2v) is 3.73. The fourth-order valence-corrected chi connectivity index (χ4v) is 1.73. The summed E-state index contributed by atoms with van der Waals surface area (Å²) in [5.74, 6) is 0. The molecule has 0 radical (unpaired) electrons. The molecule has 0 aliphatic heterocycles. The fraction of sp³-hybridized carbons (Fsp3) is 0.364. The van der Waals surface area contributed by atoms with E-state index >= 15 is 0 Å². The van der Waals surface area contributed by atoms with E-state index in [0.29, 0.717) is 5.56 Å². The Kier molecular flexibility index (Phi) is 2.85. The number of carbonyl (C=O) groups is 1. The van der Waals surface area contributed by atoms with Crippen LogP contribution in [0.3, 0.4) is 0 Å². The molecule has 84 valence electrons. The Balaban J connectivity index is 2.13. The summed E-state index contributed by atoms with van der Waals surface area (Å²) in [6, 6.07) is 0. The first-order valence-electron chi connectivity index (χ1n) is 5.17. The molecule has 0 amide bonds. The fourth-order valence-electron chi connectivity index (χ4n) is 1.73. The molecule has 0 aliphatic carbocycles. The number of nitrogens with zero attached hydrogens (tertiary/aromatic N) is 4. The van der Waals surface area contributed by atoms with Crippen molar-refractivity contribution < 1.29 is 4.79 Å². The third-order valence-electron chi connectivity index (χ3n) is 2.68. The third-order valence-corrected chi connectivity index (χ3v) is 2.68. The quantitative estimate of drug-likeness (QED) is 0.725. The maximum Gasteiger partial charge on any atom is 0.153 e. The molecule has 0 spiro atoms. The summed E-state index contributed by atoms with van der Waals surface area (Å²) in [4.78, 5) is 14.8. The van der Waals surface area contributed by atoms with Gasteiger partial charge in [-0.2, -0.15) is 5.10 Å². The van der Waals surface area contributed by atoms with Crippen LogP contribution in [0.25, 0.3) is 0 Å². The van der Waals surface area contributed by atoms with Gasteiger partial charge in [0.05, 0.1) is 24.1 Å². The monoisotopic (exact) mass is 218 g/mol. The van der Waals surface area contributed by atoms with Crippen LogP contribution in [0.4, 0.5) is 0 Å². The summed E-state index contributed by atoms with van der Waals surface area (Å²) in [5, 5.41) is 4.33. The normalized spacial score (nSPS) is 10.6. The van der Waals surface area contributed by atoms with E-state index in [9.17, 15) is 4.79 Å². The third kappa shape index (κ3) is 1.88. The zero-order chi connectivity index (χ0) is 11.5. The predicted molar refractivity (Wildman–Crippen MR) is 59.3 cm³/mol. The molecule has 2 heterocycles. The van der Waals surface area contributed by atoms with Gasteiger partial charge in [0, 0.05) is 24.6 Å². The molecule has 5 nitrogen and oxygen atoms in total. The molecule has 2 aromatic rings. The molecule has 0 saturated carbocycles. The molecular weight excluding hydrogens is 204 g/mol. The van der Waals surface area contributed by atoms with E-state index in [1.54, 1.807) is 12.5 Å². The van der Waals surface area contributed by atoms with Crippen molar-refractivity contribution in [1.82, 2.24) is 19.3 Å². The van der Waals surface area contributed by atoms with Gasteiger partial charge in [-0.05, 0) is 13.8 Å². The molecular formula is C11H14N4O. The average Bonchev–Trinajstić information content (AvgIpc) is 2.85. The Hall–Kier alpha value is -1.91. The molecule has 0 aliphatic rings. The second-order valence-electron chi connectivity index (χ2n) is 3.73. The second kappa shape index (κ2) is 4.30. The van der Waals surface area contributed by atoms with Crippen LogP contribution >= 0.6 is 0 Å². The minimum atomic E-state index is 0.700. The van der Waals surface area contributed by atoms with Gasteiger partial charge in [-0.25, -0.2) is 4.98 Å². The van der Waals surface area contributed by atoms with E-state index in [4.69, 9.17) is 0 Å². The standard InChI is InChI=1S/C11H14N4O/c1-9-11(7-16)10(2)15(13-9)6-5-14-4-3-12-8-14/h3-4,7-8H,5-6H2,1-2H3. The highest BCUT2D eigenvalue weighted by Gasteiger charge is 2.09. The highest BCUT2D eigenvalue weighted by Crippen LogP contribution is 2.10. The van der Waals surface area contributed by atoms with Gasteiger partial charge in [-0.15, -0.1) is 0 Å². The SMILES string of the molecule is Cc1nn(CCn2ccnc2)c(C)c1C=O. The van der Waals surface area contributed by atoms with E-state index in [1.165, 1.54) is 0 Å². The summed E-state index contributed by atoms with van der Waals surface area (Å²) >= 11 is 0. The molecule has 0 fully saturated rings. The summed E-state index contributed by atoms with van der Waals surface area (Å²) in [7, 11) is 0. The van der Waals surface area contributed by atoms with Crippen LogP contribution < -0.4 is 0 Å². The Labute approximate surface area is 93.7 Å². The zero-order valence-electron chi connectivity index (χ0n) is 9.42. The topological polar surface area (TPSA) is 52.7 Å². The van der Waals surface area contributed by atoms with Crippen molar-refractivity contribution in [2.45, 2.75) is 26.9 Å². The molecule has 0 N–H and O–H groups in total. The van der Waals surface area contributed by atoms with Crippen molar-refractivity contribution in [3.05, 3.63) is 35.7 Å². The number of imidazole rings is 1. The number of aryl methyl sites for hydroxylation is 3. The number of aromatic nitrogens is 4. The van der Waals surface area contributed by atoms with Crippen molar-refractivity contribution >= 4 is 6.29 Å². The highest BCUT2D eigenvalue weighted by atomic mass is 16.1. The maximum atomic E-state index is 10.8. The molecule has 0 aromatic carbocycles. The van der Waals surface area contributed by atoms with Gasteiger partial charge < -0.3 is 4.57 Å². The van der Waals surface area contributed by atoms with Gasteiger partial charge >= 0.3 is 0 Å². The summed E-state index contributed by atoms with van der Waals surface area (Å²) in [6.07, 6.45) is 6.29. The van der Waals surface area contributed by atoms with E-state index in [-0.39, 0.29) is 0 Å². The molecule has 2 rings (SSSR count). The molecule has 0 saturated heterocycles. The Morgan fingerprint density at radius 1 is 1.38 bits per heavy atom. The molecule has 2 aromatic heterocycles. The van der Waals surface area contributed by atoms with Crippen molar-refractivity contribution in [2.24, 2.45) is 0 Å². The summed E-state index contributed by atoms with van der Waals surface area (Å²) in [6.45, 7) is 5.32. The number of hydrogen-bond acceptors (Lipinski definition) is 3. The largest absolute Gasteiger partial charge is 0.336 e. The van der Waals surface area contributed by atoms with Crippen molar-refractivity contribution in [3.8, 4) is 0 Å². The molecule has 16 heavy (non-hydrogen) atoms. The van der Waals surface area contributed by atoms with Gasteiger partial charge in [0.25, 0.3) is 0 Å². The zero-order valence-corrected chi connectivity index (χ0v) is 9.42. The van der Waals surface area contributed by atoms with Crippen LogP contribution in [0.5, 0.6) is 0 Å². The lowest BCUT2D eigenvalue weighted by atomic mass is 10.2. The molecule has 0 unspecified atom stereocenters. The summed E-state index contributed by atoms with van der Waals surface area (Å²) < 4.78 is 3.84. The van der Waals surface area contributed by atoms with Gasteiger partial charge in [0.15, 0.2) is 6.29 Å². The summed E-state index contributed by atoms with van der Waals surface area (Å²) in [5.41, 5.74) is 2.41. The first kappa shape index (κ1) is 10.6. The van der Waals surface area contributed by atoms with Crippen molar-refractivity contribution in [1.29, 1.82) is 0 Å². The average molecular weight is 218 g/mol. The van der Waals surface area contributed by atoms with E-state index in [0.717, 1.165) is 30.8 Å². The van der Waals surface area contributed by atoms with Crippen LogP contribution in [-0.2, 0) is 13.1 Å². The van der Waals surface area contributed by atoms with E-state index < -0.39 is 0 Å². The van der Waals surface area contributed by atoms with Crippen molar-refractivity contribution in [3.63, 3.8) is 0 Å². The van der Waals surface area contributed by atoms with E-state index in [2.05, 4.69) is 10.1 Å². The highest BCUT2D eigenvalue weighted by molar-refractivity contribution is 5.77. The first-order valence-corrected chi connectivity index (χ1v) is 5.17. The van der Waals surface area contributed by atoms with Gasteiger partial charge in [0.1, 0.15) is 0 Å². The minimum absolute atomic E-state index is 0.700. The van der Waals surface area contributed by atoms with Crippen LogP contribution in [-0.4, -0.2) is 25.6 Å². The number of hydrogen-bond donors (Lipinski definition) is 0. The predicted octanol–water partition coefficient (Wildman–Crippen LogP) is 1.21. The minimum Gasteiger partial charge on any atom is -0.336 e. The van der Waals surface area contributed by atoms with Crippen molar-refractivity contribution in [2.75, 3.05) is 0 Å². The van der Waals surface area contributed by atoms with Crippen LogP contribution in [0.15, 0.2) is 18.7 Å². The van der Waals surface area contributed by atoms with Crippen LogP contribution in [0.1, 0.15) is 21.7 Å². The molecule has 5 heteroatoms. The molecule has 0 bridgehead atoms. The lowest BCUT2D eigenvalue weighted by molar-refractivity contribution is 0.112.